The van der Waals surface area contributed by atoms with Crippen molar-refractivity contribution in [2.24, 2.45) is 0 Å². The molecule has 0 aliphatic heterocycles. The van der Waals surface area contributed by atoms with Crippen LogP contribution in [0.25, 0.3) is 0 Å². The second kappa shape index (κ2) is 5.46. The standard InChI is InChI=1S/C13H14ClNS/c1-10-4-2-3-5-12(10)11(9-14)8-13-15-6-7-16-13/h2-7,11H,8-9H2,1H3. The number of thiazole rings is 1. The molecule has 0 amide bonds. The van der Waals surface area contributed by atoms with Crippen LogP contribution < -0.4 is 0 Å². The first-order chi connectivity index (χ1) is 7.81. The van der Waals surface area contributed by atoms with Crippen LogP contribution in [-0.2, 0) is 6.42 Å². The maximum Gasteiger partial charge on any atom is 0.0931 e. The maximum absolute atomic E-state index is 6.07. The van der Waals surface area contributed by atoms with Crippen LogP contribution >= 0.6 is 22.9 Å². The van der Waals surface area contributed by atoms with Gasteiger partial charge in [0.15, 0.2) is 0 Å². The van der Waals surface area contributed by atoms with Crippen LogP contribution in [0.15, 0.2) is 35.8 Å². The molecule has 0 saturated carbocycles. The molecule has 1 nitrogen and oxygen atoms in total. The van der Waals surface area contributed by atoms with Crippen molar-refractivity contribution in [1.82, 2.24) is 4.98 Å². The van der Waals surface area contributed by atoms with Crippen LogP contribution in [0.2, 0.25) is 0 Å². The predicted octanol–water partition coefficient (Wildman–Crippen LogP) is 4.02. The van der Waals surface area contributed by atoms with E-state index in [1.165, 1.54) is 11.1 Å². The fourth-order valence-corrected chi connectivity index (χ4v) is 2.83. The van der Waals surface area contributed by atoms with E-state index >= 15 is 0 Å². The summed E-state index contributed by atoms with van der Waals surface area (Å²) in [5, 5.41) is 3.17. The van der Waals surface area contributed by atoms with Gasteiger partial charge in [-0.3, -0.25) is 0 Å². The molecule has 1 unspecified atom stereocenters. The SMILES string of the molecule is Cc1ccccc1C(CCl)Cc1nccs1. The van der Waals surface area contributed by atoms with Crippen molar-refractivity contribution in [3.63, 3.8) is 0 Å². The average Bonchev–Trinajstić information content (AvgIpc) is 2.80. The van der Waals surface area contributed by atoms with Crippen molar-refractivity contribution < 1.29 is 0 Å². The number of rotatable bonds is 4. The number of hydrogen-bond donors (Lipinski definition) is 0. The molecule has 0 aliphatic rings. The Morgan fingerprint density at radius 1 is 1.38 bits per heavy atom. The third-order valence-corrected chi connectivity index (χ3v) is 3.89. The fraction of sp³-hybridized carbons (Fsp3) is 0.308. The Bertz CT molecular complexity index is 439. The highest BCUT2D eigenvalue weighted by Crippen LogP contribution is 2.25. The molecular formula is C13H14ClNS. The van der Waals surface area contributed by atoms with Gasteiger partial charge in [0.25, 0.3) is 0 Å². The molecule has 16 heavy (non-hydrogen) atoms. The molecule has 1 aromatic carbocycles. The zero-order valence-electron chi connectivity index (χ0n) is 9.19. The Balaban J connectivity index is 2.20. The van der Waals surface area contributed by atoms with E-state index in [0.717, 1.165) is 11.4 Å². The van der Waals surface area contributed by atoms with Gasteiger partial charge in [0.1, 0.15) is 0 Å². The van der Waals surface area contributed by atoms with Gasteiger partial charge in [-0.05, 0) is 18.1 Å². The fourth-order valence-electron chi connectivity index (χ4n) is 1.86. The molecule has 0 aliphatic carbocycles. The molecule has 0 radical (unpaired) electrons. The largest absolute Gasteiger partial charge is 0.250 e. The zero-order chi connectivity index (χ0) is 11.4. The third-order valence-electron chi connectivity index (χ3n) is 2.72. The summed E-state index contributed by atoms with van der Waals surface area (Å²) in [4.78, 5) is 4.32. The monoisotopic (exact) mass is 251 g/mol. The first-order valence-electron chi connectivity index (χ1n) is 5.31. The lowest BCUT2D eigenvalue weighted by Crippen LogP contribution is -2.06. The minimum Gasteiger partial charge on any atom is -0.250 e. The Labute approximate surface area is 105 Å². The molecule has 0 saturated heterocycles. The van der Waals surface area contributed by atoms with Crippen LogP contribution in [-0.4, -0.2) is 10.9 Å². The van der Waals surface area contributed by atoms with Gasteiger partial charge in [-0.1, -0.05) is 24.3 Å². The predicted molar refractivity (Wildman–Crippen MR) is 70.5 cm³/mol. The van der Waals surface area contributed by atoms with Crippen molar-refractivity contribution in [2.45, 2.75) is 19.3 Å². The molecule has 1 atom stereocenters. The zero-order valence-corrected chi connectivity index (χ0v) is 10.8. The minimum absolute atomic E-state index is 0.369. The summed E-state index contributed by atoms with van der Waals surface area (Å²) in [7, 11) is 0. The number of alkyl halides is 1. The Kier molecular flexibility index (Phi) is 3.97. The van der Waals surface area contributed by atoms with E-state index in [0.29, 0.717) is 11.8 Å². The summed E-state index contributed by atoms with van der Waals surface area (Å²) in [5.41, 5.74) is 2.65. The van der Waals surface area contributed by atoms with Gasteiger partial charge in [-0.15, -0.1) is 22.9 Å². The van der Waals surface area contributed by atoms with Crippen LogP contribution in [0.5, 0.6) is 0 Å². The number of benzene rings is 1. The number of hydrogen-bond acceptors (Lipinski definition) is 2. The summed E-state index contributed by atoms with van der Waals surface area (Å²) in [6.45, 7) is 2.14. The Morgan fingerprint density at radius 3 is 2.81 bits per heavy atom. The van der Waals surface area contributed by atoms with Gasteiger partial charge in [0.2, 0.25) is 0 Å². The second-order valence-electron chi connectivity index (χ2n) is 3.84. The quantitative estimate of drug-likeness (QED) is 0.748. The van der Waals surface area contributed by atoms with Crippen molar-refractivity contribution >= 4 is 22.9 Å². The summed E-state index contributed by atoms with van der Waals surface area (Å²) < 4.78 is 0. The van der Waals surface area contributed by atoms with Crippen LogP contribution in [0.3, 0.4) is 0 Å². The number of aryl methyl sites for hydroxylation is 1. The van der Waals surface area contributed by atoms with Crippen molar-refractivity contribution in [3.8, 4) is 0 Å². The molecule has 3 heteroatoms. The molecule has 0 fully saturated rings. The molecule has 1 heterocycles. The molecule has 0 bridgehead atoms. The van der Waals surface area contributed by atoms with E-state index in [-0.39, 0.29) is 0 Å². The first kappa shape index (κ1) is 11.6. The molecule has 84 valence electrons. The van der Waals surface area contributed by atoms with Crippen LogP contribution in [0.1, 0.15) is 22.1 Å². The van der Waals surface area contributed by atoms with Gasteiger partial charge in [-0.25, -0.2) is 4.98 Å². The Hall–Kier alpha value is -0.860. The van der Waals surface area contributed by atoms with Gasteiger partial charge < -0.3 is 0 Å². The first-order valence-corrected chi connectivity index (χ1v) is 6.72. The topological polar surface area (TPSA) is 12.9 Å². The van der Waals surface area contributed by atoms with Crippen LogP contribution in [0, 0.1) is 6.92 Å². The second-order valence-corrected chi connectivity index (χ2v) is 5.13. The van der Waals surface area contributed by atoms with E-state index in [2.05, 4.69) is 36.2 Å². The maximum atomic E-state index is 6.07. The number of halogens is 1. The molecule has 0 N–H and O–H groups in total. The molecule has 0 spiro atoms. The normalized spacial score (nSPS) is 12.6. The average molecular weight is 252 g/mol. The van der Waals surface area contributed by atoms with Crippen molar-refractivity contribution in [3.05, 3.63) is 52.0 Å². The summed E-state index contributed by atoms with van der Waals surface area (Å²) in [6.07, 6.45) is 2.79. The van der Waals surface area contributed by atoms with Gasteiger partial charge in [0.05, 0.1) is 5.01 Å². The smallest absolute Gasteiger partial charge is 0.0931 e. The van der Waals surface area contributed by atoms with Crippen molar-refractivity contribution in [1.29, 1.82) is 0 Å². The number of nitrogens with zero attached hydrogens (tertiary/aromatic N) is 1. The van der Waals surface area contributed by atoms with Crippen molar-refractivity contribution in [2.75, 3.05) is 5.88 Å². The van der Waals surface area contributed by atoms with E-state index in [9.17, 15) is 0 Å². The minimum atomic E-state index is 0.369. The molecule has 2 aromatic rings. The van der Waals surface area contributed by atoms with Gasteiger partial charge >= 0.3 is 0 Å². The number of aromatic nitrogens is 1. The van der Waals surface area contributed by atoms with Crippen LogP contribution in [0.4, 0.5) is 0 Å². The van der Waals surface area contributed by atoms with Gasteiger partial charge in [-0.2, -0.15) is 0 Å². The summed E-state index contributed by atoms with van der Waals surface area (Å²) >= 11 is 7.77. The van der Waals surface area contributed by atoms with E-state index in [1.807, 2.05) is 11.6 Å². The summed E-state index contributed by atoms with van der Waals surface area (Å²) in [5.74, 6) is 1.01. The van der Waals surface area contributed by atoms with Gasteiger partial charge in [0, 0.05) is 29.8 Å². The highest BCUT2D eigenvalue weighted by atomic mass is 35.5. The van der Waals surface area contributed by atoms with E-state index in [1.54, 1.807) is 11.3 Å². The van der Waals surface area contributed by atoms with E-state index in [4.69, 9.17) is 11.6 Å². The highest BCUT2D eigenvalue weighted by molar-refractivity contribution is 7.09. The highest BCUT2D eigenvalue weighted by Gasteiger charge is 2.14. The third kappa shape index (κ3) is 2.63. The molecule has 1 aromatic heterocycles. The lowest BCUT2D eigenvalue weighted by Gasteiger charge is -2.15. The molecular weight excluding hydrogens is 238 g/mol. The Morgan fingerprint density at radius 2 is 2.19 bits per heavy atom. The lowest BCUT2D eigenvalue weighted by molar-refractivity contribution is 0.755. The molecule has 2 rings (SSSR count). The lowest BCUT2D eigenvalue weighted by atomic mass is 9.94. The summed E-state index contributed by atoms with van der Waals surface area (Å²) in [6, 6.07) is 8.43. The van der Waals surface area contributed by atoms with E-state index < -0.39 is 0 Å².